The Kier molecular flexibility index (Phi) is 6.51. The van der Waals surface area contributed by atoms with Crippen LogP contribution >= 0.6 is 0 Å². The van der Waals surface area contributed by atoms with E-state index >= 15 is 0 Å². The molecule has 1 aliphatic rings. The Labute approximate surface area is 141 Å². The van der Waals surface area contributed by atoms with Gasteiger partial charge in [0, 0.05) is 19.2 Å². The Morgan fingerprint density at radius 2 is 2.17 bits per heavy atom. The van der Waals surface area contributed by atoms with Crippen molar-refractivity contribution in [3.05, 3.63) is 35.4 Å². The van der Waals surface area contributed by atoms with Crippen LogP contribution < -0.4 is 10.6 Å². The quantitative estimate of drug-likeness (QED) is 0.743. The Morgan fingerprint density at radius 1 is 1.42 bits per heavy atom. The molecule has 7 heteroatoms. The number of urea groups is 1. The molecule has 134 valence electrons. The predicted molar refractivity (Wildman–Crippen MR) is 87.6 cm³/mol. The smallest absolute Gasteiger partial charge is 0.315 e. The second-order valence-electron chi connectivity index (χ2n) is 6.38. The fourth-order valence-electron chi connectivity index (χ4n) is 3.18. The Bertz CT molecular complexity index is 571. The minimum Gasteiger partial charge on any atom is -0.396 e. The molecule has 0 aliphatic carbocycles. The third-order valence-electron chi connectivity index (χ3n) is 4.42. The fraction of sp³-hybridized carbons (Fsp3) is 0.588. The van der Waals surface area contributed by atoms with E-state index in [-0.39, 0.29) is 30.8 Å². The number of carbonyl (C=O) groups is 1. The molecule has 1 aliphatic heterocycles. The van der Waals surface area contributed by atoms with Crippen LogP contribution in [0, 0.1) is 11.6 Å². The van der Waals surface area contributed by atoms with E-state index in [0.29, 0.717) is 18.4 Å². The van der Waals surface area contributed by atoms with E-state index < -0.39 is 11.6 Å². The molecule has 0 radical (unpaired) electrons. The zero-order valence-corrected chi connectivity index (χ0v) is 14.1. The number of carbonyl (C=O) groups excluding carboxylic acids is 1. The monoisotopic (exact) mass is 341 g/mol. The van der Waals surface area contributed by atoms with Gasteiger partial charge < -0.3 is 15.7 Å². The third-order valence-corrected chi connectivity index (χ3v) is 4.42. The van der Waals surface area contributed by atoms with Crippen LogP contribution in [0.4, 0.5) is 13.6 Å². The first-order valence-electron chi connectivity index (χ1n) is 8.25. The van der Waals surface area contributed by atoms with Gasteiger partial charge in [-0.15, -0.1) is 0 Å². The molecular weight excluding hydrogens is 316 g/mol. The van der Waals surface area contributed by atoms with Gasteiger partial charge in [-0.25, -0.2) is 13.6 Å². The number of likely N-dealkylation sites (tertiary alicyclic amines) is 1. The maximum Gasteiger partial charge on any atom is 0.315 e. The molecule has 1 fully saturated rings. The van der Waals surface area contributed by atoms with Crippen LogP contribution in [0.3, 0.4) is 0 Å². The molecule has 5 nitrogen and oxygen atoms in total. The lowest BCUT2D eigenvalue weighted by molar-refractivity contribution is 0.224. The van der Waals surface area contributed by atoms with Gasteiger partial charge in [-0.3, -0.25) is 4.90 Å². The van der Waals surface area contributed by atoms with Crippen molar-refractivity contribution < 1.29 is 18.7 Å². The Morgan fingerprint density at radius 3 is 2.83 bits per heavy atom. The van der Waals surface area contributed by atoms with E-state index in [1.54, 1.807) is 6.07 Å². The maximum absolute atomic E-state index is 13.5. The number of nitrogens with zero attached hydrogens (tertiary/aromatic N) is 1. The Hall–Kier alpha value is -1.73. The van der Waals surface area contributed by atoms with Crippen LogP contribution in [-0.2, 0) is 0 Å². The van der Waals surface area contributed by atoms with Crippen molar-refractivity contribution in [2.24, 2.45) is 0 Å². The van der Waals surface area contributed by atoms with Crippen molar-refractivity contribution in [1.29, 1.82) is 0 Å². The molecule has 0 aromatic heterocycles. The lowest BCUT2D eigenvalue weighted by atomic mass is 10.00. The third kappa shape index (κ3) is 4.64. The van der Waals surface area contributed by atoms with Crippen LogP contribution in [-0.4, -0.2) is 48.3 Å². The van der Waals surface area contributed by atoms with Crippen LogP contribution in [0.15, 0.2) is 18.2 Å². The second kappa shape index (κ2) is 8.39. The van der Waals surface area contributed by atoms with Crippen molar-refractivity contribution in [2.75, 3.05) is 20.2 Å². The SMILES string of the molecule is CC(CCCO)NC(=O)NC1CCN(C)C1c1ccc(F)c(F)c1. The van der Waals surface area contributed by atoms with E-state index in [9.17, 15) is 13.6 Å². The highest BCUT2D eigenvalue weighted by Gasteiger charge is 2.34. The number of hydrogen-bond acceptors (Lipinski definition) is 3. The first kappa shape index (κ1) is 18.6. The van der Waals surface area contributed by atoms with Crippen LogP contribution in [0.5, 0.6) is 0 Å². The van der Waals surface area contributed by atoms with Crippen LogP contribution in [0.2, 0.25) is 0 Å². The molecule has 3 unspecified atom stereocenters. The molecule has 1 heterocycles. The summed E-state index contributed by atoms with van der Waals surface area (Å²) in [5.74, 6) is -1.76. The van der Waals surface area contributed by atoms with Gasteiger partial charge in [0.05, 0.1) is 12.1 Å². The number of halogens is 2. The first-order chi connectivity index (χ1) is 11.4. The molecular formula is C17H25F2N3O2. The van der Waals surface area contributed by atoms with Gasteiger partial charge in [-0.05, 0) is 50.9 Å². The lowest BCUT2D eigenvalue weighted by Gasteiger charge is -2.27. The van der Waals surface area contributed by atoms with E-state index in [1.165, 1.54) is 6.07 Å². The van der Waals surface area contributed by atoms with Crippen molar-refractivity contribution in [1.82, 2.24) is 15.5 Å². The van der Waals surface area contributed by atoms with Gasteiger partial charge in [0.15, 0.2) is 11.6 Å². The van der Waals surface area contributed by atoms with Crippen LogP contribution in [0.25, 0.3) is 0 Å². The number of hydrogen-bond donors (Lipinski definition) is 3. The molecule has 0 bridgehead atoms. The van der Waals surface area contributed by atoms with E-state index in [0.717, 1.165) is 19.0 Å². The van der Waals surface area contributed by atoms with Gasteiger partial charge in [0.25, 0.3) is 0 Å². The van der Waals surface area contributed by atoms with E-state index in [1.807, 2.05) is 18.9 Å². The number of amides is 2. The van der Waals surface area contributed by atoms with Gasteiger partial charge >= 0.3 is 6.03 Å². The lowest BCUT2D eigenvalue weighted by Crippen LogP contribution is -2.47. The largest absolute Gasteiger partial charge is 0.396 e. The van der Waals surface area contributed by atoms with E-state index in [4.69, 9.17) is 5.11 Å². The normalized spacial score (nSPS) is 22.4. The summed E-state index contributed by atoms with van der Waals surface area (Å²) in [6, 6.07) is 3.17. The number of benzene rings is 1. The minimum atomic E-state index is -0.881. The first-order valence-corrected chi connectivity index (χ1v) is 8.25. The summed E-state index contributed by atoms with van der Waals surface area (Å²) in [5.41, 5.74) is 0.646. The highest BCUT2D eigenvalue weighted by atomic mass is 19.2. The predicted octanol–water partition coefficient (Wildman–Crippen LogP) is 2.17. The maximum atomic E-state index is 13.5. The topological polar surface area (TPSA) is 64.6 Å². The zero-order chi connectivity index (χ0) is 17.7. The summed E-state index contributed by atoms with van der Waals surface area (Å²) in [5, 5.41) is 14.6. The van der Waals surface area contributed by atoms with E-state index in [2.05, 4.69) is 10.6 Å². The summed E-state index contributed by atoms with van der Waals surface area (Å²) in [7, 11) is 1.90. The summed E-state index contributed by atoms with van der Waals surface area (Å²) in [6.07, 6.45) is 2.06. The summed E-state index contributed by atoms with van der Waals surface area (Å²) < 4.78 is 26.7. The number of likely N-dealkylation sites (N-methyl/N-ethyl adjacent to an activating group) is 1. The molecule has 0 spiro atoms. The van der Waals surface area contributed by atoms with Crippen LogP contribution in [0.1, 0.15) is 37.8 Å². The van der Waals surface area contributed by atoms with Crippen molar-refractivity contribution in [3.8, 4) is 0 Å². The molecule has 2 amide bonds. The number of aliphatic hydroxyl groups excluding tert-OH is 1. The highest BCUT2D eigenvalue weighted by Crippen LogP contribution is 2.31. The molecule has 1 saturated heterocycles. The van der Waals surface area contributed by atoms with Crippen molar-refractivity contribution in [3.63, 3.8) is 0 Å². The van der Waals surface area contributed by atoms with Gasteiger partial charge in [0.2, 0.25) is 0 Å². The van der Waals surface area contributed by atoms with Gasteiger partial charge in [0.1, 0.15) is 0 Å². The second-order valence-corrected chi connectivity index (χ2v) is 6.38. The highest BCUT2D eigenvalue weighted by molar-refractivity contribution is 5.74. The molecule has 1 aromatic carbocycles. The summed E-state index contributed by atoms with van der Waals surface area (Å²) in [4.78, 5) is 14.2. The average Bonchev–Trinajstić information content (AvgIpc) is 2.88. The fourth-order valence-corrected chi connectivity index (χ4v) is 3.18. The number of aliphatic hydroxyl groups is 1. The average molecular weight is 341 g/mol. The molecule has 3 atom stereocenters. The molecule has 0 saturated carbocycles. The van der Waals surface area contributed by atoms with Crippen molar-refractivity contribution >= 4 is 6.03 Å². The van der Waals surface area contributed by atoms with Crippen molar-refractivity contribution in [2.45, 2.75) is 44.3 Å². The summed E-state index contributed by atoms with van der Waals surface area (Å²) >= 11 is 0. The molecule has 1 aromatic rings. The number of nitrogens with one attached hydrogen (secondary N) is 2. The Balaban J connectivity index is 2.00. The summed E-state index contributed by atoms with van der Waals surface area (Å²) in [6.45, 7) is 2.73. The standard InChI is InChI=1S/C17H25F2N3O2/c1-11(4-3-9-23)20-17(24)21-15-7-8-22(2)16(15)12-5-6-13(18)14(19)10-12/h5-6,10-11,15-16,23H,3-4,7-9H2,1-2H3,(H2,20,21,24). The molecule has 3 N–H and O–H groups in total. The zero-order valence-electron chi connectivity index (χ0n) is 14.1. The minimum absolute atomic E-state index is 0.0435. The van der Waals surface area contributed by atoms with Gasteiger partial charge in [-0.1, -0.05) is 6.07 Å². The van der Waals surface area contributed by atoms with Gasteiger partial charge in [-0.2, -0.15) is 0 Å². The molecule has 24 heavy (non-hydrogen) atoms. The molecule has 2 rings (SSSR count). The number of rotatable bonds is 6.